The summed E-state index contributed by atoms with van der Waals surface area (Å²) in [7, 11) is 1.23. The molecule has 0 aromatic heterocycles. The molecule has 0 fully saturated rings. The standard InChI is InChI=1S/C6H8BrNO3/c1-4(7)5(8-3-9)6(10)11-2/h3-4H,1-2H3/t4-/m1/s1. The fourth-order valence-corrected chi connectivity index (χ4v) is 0.784. The van der Waals surface area contributed by atoms with Crippen molar-refractivity contribution in [2.75, 3.05) is 7.11 Å². The summed E-state index contributed by atoms with van der Waals surface area (Å²) >= 11 is 3.09. The van der Waals surface area contributed by atoms with Crippen LogP contribution in [0.25, 0.3) is 0 Å². The van der Waals surface area contributed by atoms with Gasteiger partial charge in [-0.1, -0.05) is 15.9 Å². The molecule has 0 aliphatic rings. The number of hydrogen-bond donors (Lipinski definition) is 0. The molecule has 0 aromatic carbocycles. The molecule has 0 saturated heterocycles. The molecule has 62 valence electrons. The van der Waals surface area contributed by atoms with E-state index in [-0.39, 0.29) is 10.5 Å². The van der Waals surface area contributed by atoms with E-state index >= 15 is 0 Å². The molecule has 0 spiro atoms. The third-order valence-electron chi connectivity index (χ3n) is 0.963. The van der Waals surface area contributed by atoms with Crippen LogP contribution in [0.15, 0.2) is 4.99 Å². The first-order chi connectivity index (χ1) is 5.13. The minimum atomic E-state index is -0.596. The van der Waals surface area contributed by atoms with Crippen LogP contribution < -0.4 is 0 Å². The van der Waals surface area contributed by atoms with E-state index in [4.69, 9.17) is 0 Å². The molecule has 0 saturated carbocycles. The van der Waals surface area contributed by atoms with Gasteiger partial charge in [-0.3, -0.25) is 4.79 Å². The largest absolute Gasteiger partial charge is 0.465 e. The maximum atomic E-state index is 10.8. The molecule has 4 nitrogen and oxygen atoms in total. The molecule has 0 aliphatic carbocycles. The topological polar surface area (TPSA) is 55.7 Å². The average Bonchev–Trinajstić information content (AvgIpc) is 1.98. The number of aliphatic imine (C=N–C) groups is 1. The van der Waals surface area contributed by atoms with Gasteiger partial charge in [0.15, 0.2) is 0 Å². The number of amides is 1. The zero-order valence-corrected chi connectivity index (χ0v) is 7.79. The van der Waals surface area contributed by atoms with E-state index in [1.54, 1.807) is 6.92 Å². The minimum Gasteiger partial charge on any atom is -0.465 e. The van der Waals surface area contributed by atoms with Gasteiger partial charge >= 0.3 is 5.97 Å². The van der Waals surface area contributed by atoms with Crippen LogP contribution in [0.5, 0.6) is 0 Å². The maximum absolute atomic E-state index is 10.8. The number of ether oxygens (including phenoxy) is 1. The summed E-state index contributed by atoms with van der Waals surface area (Å²) in [5.74, 6) is -0.596. The number of esters is 1. The van der Waals surface area contributed by atoms with E-state index in [1.165, 1.54) is 7.11 Å². The Bertz CT molecular complexity index is 188. The molecule has 0 radical (unpaired) electrons. The number of alkyl halides is 1. The Balaban J connectivity index is 4.47. The Hall–Kier alpha value is -0.710. The molecule has 5 heteroatoms. The van der Waals surface area contributed by atoms with Gasteiger partial charge in [0.25, 0.3) is 0 Å². The molecule has 0 aromatic rings. The molecular formula is C6H8BrNO3. The van der Waals surface area contributed by atoms with Crippen molar-refractivity contribution in [3.8, 4) is 0 Å². The molecule has 0 bridgehead atoms. The van der Waals surface area contributed by atoms with Gasteiger partial charge in [0.1, 0.15) is 5.71 Å². The van der Waals surface area contributed by atoms with Gasteiger partial charge in [0.05, 0.1) is 11.9 Å². The molecule has 1 atom stereocenters. The van der Waals surface area contributed by atoms with Crippen LogP contribution in [0.4, 0.5) is 0 Å². The lowest BCUT2D eigenvalue weighted by atomic mass is 10.3. The van der Waals surface area contributed by atoms with Gasteiger partial charge in [-0.25, -0.2) is 9.79 Å². The summed E-state index contributed by atoms with van der Waals surface area (Å²) in [4.78, 5) is 23.8. The molecule has 0 N–H and O–H groups in total. The monoisotopic (exact) mass is 221 g/mol. The summed E-state index contributed by atoms with van der Waals surface area (Å²) in [6, 6.07) is 0. The van der Waals surface area contributed by atoms with E-state index in [2.05, 4.69) is 25.7 Å². The van der Waals surface area contributed by atoms with Crippen molar-refractivity contribution in [2.24, 2.45) is 4.99 Å². The van der Waals surface area contributed by atoms with Crippen molar-refractivity contribution in [2.45, 2.75) is 11.8 Å². The molecule has 1 amide bonds. The first-order valence-corrected chi connectivity index (χ1v) is 3.78. The van der Waals surface area contributed by atoms with E-state index in [0.29, 0.717) is 6.41 Å². The molecular weight excluding hydrogens is 214 g/mol. The number of rotatable bonds is 3. The Morgan fingerprint density at radius 3 is 2.55 bits per heavy atom. The number of carbonyl (C=O) groups is 2. The second kappa shape index (κ2) is 5.01. The Morgan fingerprint density at radius 2 is 2.27 bits per heavy atom. The number of hydrogen-bond acceptors (Lipinski definition) is 3. The van der Waals surface area contributed by atoms with Crippen LogP contribution in [-0.4, -0.2) is 30.0 Å². The third-order valence-corrected chi connectivity index (χ3v) is 1.40. The molecule has 0 rings (SSSR count). The highest BCUT2D eigenvalue weighted by Crippen LogP contribution is 2.01. The van der Waals surface area contributed by atoms with Gasteiger partial charge < -0.3 is 4.74 Å². The predicted octanol–water partition coefficient (Wildman–Crippen LogP) is 0.540. The van der Waals surface area contributed by atoms with E-state index in [0.717, 1.165) is 0 Å². The van der Waals surface area contributed by atoms with Crippen molar-refractivity contribution in [3.05, 3.63) is 0 Å². The molecule has 11 heavy (non-hydrogen) atoms. The second-order valence-corrected chi connectivity index (χ2v) is 3.10. The summed E-state index contributed by atoms with van der Waals surface area (Å²) in [5, 5.41) is 0. The van der Waals surface area contributed by atoms with Crippen LogP contribution in [-0.2, 0) is 14.3 Å². The van der Waals surface area contributed by atoms with E-state index in [1.807, 2.05) is 0 Å². The van der Waals surface area contributed by atoms with Gasteiger partial charge in [0, 0.05) is 0 Å². The van der Waals surface area contributed by atoms with Crippen molar-refractivity contribution in [1.82, 2.24) is 0 Å². The Kier molecular flexibility index (Phi) is 4.69. The molecule has 0 unspecified atom stereocenters. The van der Waals surface area contributed by atoms with Crippen molar-refractivity contribution >= 4 is 34.0 Å². The summed E-state index contributed by atoms with van der Waals surface area (Å²) in [5.41, 5.74) is 0.0718. The van der Waals surface area contributed by atoms with Crippen molar-refractivity contribution < 1.29 is 14.3 Å². The van der Waals surface area contributed by atoms with Crippen LogP contribution >= 0.6 is 15.9 Å². The number of nitrogens with zero attached hydrogens (tertiary/aromatic N) is 1. The van der Waals surface area contributed by atoms with Gasteiger partial charge in [-0.05, 0) is 6.92 Å². The number of carbonyl (C=O) groups excluding carboxylic acids is 2. The Labute approximate surface area is 72.8 Å². The van der Waals surface area contributed by atoms with Crippen LogP contribution in [0.2, 0.25) is 0 Å². The third kappa shape index (κ3) is 3.27. The fourth-order valence-electron chi connectivity index (χ4n) is 0.479. The highest BCUT2D eigenvalue weighted by Gasteiger charge is 2.16. The first-order valence-electron chi connectivity index (χ1n) is 2.87. The summed E-state index contributed by atoms with van der Waals surface area (Å²) in [6.07, 6.45) is 0.310. The normalized spacial score (nSPS) is 13.9. The smallest absolute Gasteiger partial charge is 0.353 e. The van der Waals surface area contributed by atoms with Gasteiger partial charge in [-0.15, -0.1) is 0 Å². The van der Waals surface area contributed by atoms with Gasteiger partial charge in [-0.2, -0.15) is 0 Å². The molecule has 0 heterocycles. The number of halogens is 1. The lowest BCUT2D eigenvalue weighted by Gasteiger charge is -2.02. The zero-order chi connectivity index (χ0) is 8.85. The number of methoxy groups -OCH3 is 1. The minimum absolute atomic E-state index is 0.0718. The van der Waals surface area contributed by atoms with Crippen LogP contribution in [0.3, 0.4) is 0 Å². The second-order valence-electron chi connectivity index (χ2n) is 1.73. The predicted molar refractivity (Wildman–Crippen MR) is 43.9 cm³/mol. The van der Waals surface area contributed by atoms with E-state index in [9.17, 15) is 9.59 Å². The molecule has 0 aliphatic heterocycles. The first kappa shape index (κ1) is 10.3. The lowest BCUT2D eigenvalue weighted by molar-refractivity contribution is -0.133. The quantitative estimate of drug-likeness (QED) is 0.303. The van der Waals surface area contributed by atoms with Crippen LogP contribution in [0, 0.1) is 0 Å². The highest BCUT2D eigenvalue weighted by atomic mass is 79.9. The average molecular weight is 222 g/mol. The SMILES string of the molecule is COC(=O)C(=NC=O)[C@@H](C)Br. The van der Waals surface area contributed by atoms with Crippen molar-refractivity contribution in [1.29, 1.82) is 0 Å². The maximum Gasteiger partial charge on any atom is 0.353 e. The van der Waals surface area contributed by atoms with E-state index < -0.39 is 5.97 Å². The Morgan fingerprint density at radius 1 is 1.73 bits per heavy atom. The lowest BCUT2D eigenvalue weighted by Crippen LogP contribution is -2.23. The fraction of sp³-hybridized carbons (Fsp3) is 0.500. The highest BCUT2D eigenvalue weighted by molar-refractivity contribution is 9.10. The summed E-state index contributed by atoms with van der Waals surface area (Å²) in [6.45, 7) is 1.68. The van der Waals surface area contributed by atoms with Crippen molar-refractivity contribution in [3.63, 3.8) is 0 Å². The van der Waals surface area contributed by atoms with Gasteiger partial charge in [0.2, 0.25) is 6.41 Å². The summed E-state index contributed by atoms with van der Waals surface area (Å²) < 4.78 is 4.37. The zero-order valence-electron chi connectivity index (χ0n) is 6.20. The van der Waals surface area contributed by atoms with Crippen LogP contribution in [0.1, 0.15) is 6.92 Å².